The number of hydrogen-bond donors (Lipinski definition) is 2. The number of carbonyl (C=O) groups excluding carboxylic acids is 1. The van der Waals surface area contributed by atoms with Gasteiger partial charge in [0.25, 0.3) is 0 Å². The highest BCUT2D eigenvalue weighted by Gasteiger charge is 2.32. The van der Waals surface area contributed by atoms with Crippen molar-refractivity contribution in [3.05, 3.63) is 99.4 Å². The summed E-state index contributed by atoms with van der Waals surface area (Å²) in [6, 6.07) is 19.7. The first-order valence-electron chi connectivity index (χ1n) is 10.8. The maximum absolute atomic E-state index is 13.7. The molecule has 0 saturated heterocycles. The van der Waals surface area contributed by atoms with Gasteiger partial charge in [0, 0.05) is 11.3 Å². The predicted molar refractivity (Wildman–Crippen MR) is 139 cm³/mol. The van der Waals surface area contributed by atoms with Gasteiger partial charge in [-0.3, -0.25) is 4.79 Å². The molecule has 0 saturated carbocycles. The molecule has 1 heterocycles. The number of thiophene rings is 1. The van der Waals surface area contributed by atoms with Crippen molar-refractivity contribution in [3.63, 3.8) is 0 Å². The zero-order valence-electron chi connectivity index (χ0n) is 19.5. The van der Waals surface area contributed by atoms with Gasteiger partial charge in [-0.15, -0.1) is 11.3 Å². The van der Waals surface area contributed by atoms with Crippen LogP contribution in [-0.2, 0) is 9.84 Å². The zero-order valence-corrected chi connectivity index (χ0v) is 21.1. The van der Waals surface area contributed by atoms with Gasteiger partial charge in [-0.1, -0.05) is 59.7 Å². The van der Waals surface area contributed by atoms with Gasteiger partial charge < -0.3 is 11.1 Å². The molecular formula is C27H26N2O3S2. The van der Waals surface area contributed by atoms with Gasteiger partial charge in [0.2, 0.25) is 15.6 Å². The van der Waals surface area contributed by atoms with Crippen LogP contribution in [0, 0.1) is 27.7 Å². The summed E-state index contributed by atoms with van der Waals surface area (Å²) in [4.78, 5) is 13.8. The third kappa shape index (κ3) is 4.36. The average Bonchev–Trinajstić information content (AvgIpc) is 3.11. The lowest BCUT2D eigenvalue weighted by atomic mass is 10.0. The number of rotatable bonds is 6. The molecular weight excluding hydrogens is 464 g/mol. The van der Waals surface area contributed by atoms with Crippen LogP contribution in [-0.4, -0.2) is 14.2 Å². The summed E-state index contributed by atoms with van der Waals surface area (Å²) in [5.74, 6) is -0.293. The van der Waals surface area contributed by atoms with E-state index in [4.69, 9.17) is 5.73 Å². The second-order valence-corrected chi connectivity index (χ2v) is 11.3. The summed E-state index contributed by atoms with van der Waals surface area (Å²) in [7, 11) is -3.99. The van der Waals surface area contributed by atoms with E-state index in [2.05, 4.69) is 5.32 Å². The molecule has 4 aromatic rings. The molecule has 0 unspecified atom stereocenters. The first kappa shape index (κ1) is 23.7. The normalized spacial score (nSPS) is 11.4. The summed E-state index contributed by atoms with van der Waals surface area (Å²) < 4.78 is 27.4. The molecule has 174 valence electrons. The van der Waals surface area contributed by atoms with E-state index in [9.17, 15) is 13.2 Å². The van der Waals surface area contributed by atoms with Crippen molar-refractivity contribution >= 4 is 43.3 Å². The highest BCUT2D eigenvalue weighted by Crippen LogP contribution is 2.44. The summed E-state index contributed by atoms with van der Waals surface area (Å²) in [6.45, 7) is 7.63. The molecule has 0 aliphatic carbocycles. The van der Waals surface area contributed by atoms with E-state index in [1.54, 1.807) is 30.3 Å². The number of sulfone groups is 1. The minimum Gasteiger partial charge on any atom is -0.396 e. The van der Waals surface area contributed by atoms with E-state index in [0.29, 0.717) is 10.6 Å². The minimum absolute atomic E-state index is 0.0355. The molecule has 34 heavy (non-hydrogen) atoms. The second-order valence-electron chi connectivity index (χ2n) is 8.41. The molecule has 0 bridgehead atoms. The van der Waals surface area contributed by atoms with Gasteiger partial charge in [-0.2, -0.15) is 0 Å². The maximum Gasteiger partial charge on any atom is 0.211 e. The molecule has 0 amide bonds. The molecule has 1 aromatic heterocycles. The van der Waals surface area contributed by atoms with Gasteiger partial charge >= 0.3 is 0 Å². The first-order valence-corrected chi connectivity index (χ1v) is 13.1. The van der Waals surface area contributed by atoms with Crippen LogP contribution in [0.1, 0.15) is 37.5 Å². The summed E-state index contributed by atoms with van der Waals surface area (Å²) in [5, 5.41) is 3.55. The quantitative estimate of drug-likeness (QED) is 0.307. The van der Waals surface area contributed by atoms with Crippen molar-refractivity contribution in [3.8, 4) is 0 Å². The van der Waals surface area contributed by atoms with Crippen LogP contribution >= 0.6 is 11.3 Å². The van der Waals surface area contributed by atoms with Crippen molar-refractivity contribution in [2.45, 2.75) is 37.5 Å². The Morgan fingerprint density at radius 2 is 1.50 bits per heavy atom. The van der Waals surface area contributed by atoms with Crippen LogP contribution < -0.4 is 11.1 Å². The Balaban J connectivity index is 1.91. The Hall–Kier alpha value is -3.42. The summed E-state index contributed by atoms with van der Waals surface area (Å²) >= 11 is 1.07. The number of hydrogen-bond acceptors (Lipinski definition) is 6. The molecule has 5 nitrogen and oxygen atoms in total. The van der Waals surface area contributed by atoms with Crippen molar-refractivity contribution < 1.29 is 13.2 Å². The molecule has 3 N–H and O–H groups in total. The molecule has 0 fully saturated rings. The van der Waals surface area contributed by atoms with Crippen LogP contribution in [0.4, 0.5) is 16.4 Å². The number of ketones is 1. The van der Waals surface area contributed by atoms with E-state index < -0.39 is 9.84 Å². The van der Waals surface area contributed by atoms with E-state index in [-0.39, 0.29) is 26.1 Å². The SMILES string of the molecule is Cc1ccc(S(=O)(=O)c2c(Nc3ccccc3C)sc(C(=O)c3ccc(C)cc3C)c2N)cc1. The molecule has 0 spiro atoms. The number of nitrogens with one attached hydrogen (secondary N) is 1. The fourth-order valence-corrected chi connectivity index (χ4v) is 6.73. The Morgan fingerprint density at radius 1 is 0.853 bits per heavy atom. The highest BCUT2D eigenvalue weighted by atomic mass is 32.2. The number of aryl methyl sites for hydroxylation is 4. The van der Waals surface area contributed by atoms with Gasteiger partial charge in [0.1, 0.15) is 14.8 Å². The van der Waals surface area contributed by atoms with Gasteiger partial charge in [-0.25, -0.2) is 8.42 Å². The summed E-state index contributed by atoms with van der Waals surface area (Å²) in [5.41, 5.74) is 11.4. The molecule has 0 aliphatic rings. The number of carbonyl (C=O) groups is 1. The largest absolute Gasteiger partial charge is 0.396 e. The average molecular weight is 491 g/mol. The Labute approximate surface area is 204 Å². The molecule has 0 atom stereocenters. The van der Waals surface area contributed by atoms with Crippen LogP contribution in [0.3, 0.4) is 0 Å². The van der Waals surface area contributed by atoms with E-state index in [0.717, 1.165) is 39.3 Å². The van der Waals surface area contributed by atoms with E-state index in [1.807, 2.05) is 64.1 Å². The van der Waals surface area contributed by atoms with Crippen molar-refractivity contribution in [1.82, 2.24) is 0 Å². The van der Waals surface area contributed by atoms with Crippen molar-refractivity contribution in [2.24, 2.45) is 0 Å². The van der Waals surface area contributed by atoms with Gasteiger partial charge in [-0.05, 0) is 57.0 Å². The fraction of sp³-hybridized carbons (Fsp3) is 0.148. The fourth-order valence-electron chi connectivity index (χ4n) is 3.81. The number of nitrogens with two attached hydrogens (primary N) is 1. The number of benzene rings is 3. The Kier molecular flexibility index (Phi) is 6.34. The topological polar surface area (TPSA) is 89.3 Å². The Bertz CT molecular complexity index is 1500. The van der Waals surface area contributed by atoms with Crippen LogP contribution in [0.15, 0.2) is 76.5 Å². The predicted octanol–water partition coefficient (Wildman–Crippen LogP) is 6.37. The molecule has 0 radical (unpaired) electrons. The molecule has 0 aliphatic heterocycles. The van der Waals surface area contributed by atoms with Gasteiger partial charge in [0.05, 0.1) is 10.6 Å². The van der Waals surface area contributed by atoms with Crippen LogP contribution in [0.25, 0.3) is 0 Å². The number of anilines is 3. The van der Waals surface area contributed by atoms with Crippen LogP contribution in [0.2, 0.25) is 0 Å². The van der Waals surface area contributed by atoms with E-state index >= 15 is 0 Å². The molecule has 4 rings (SSSR count). The minimum atomic E-state index is -3.99. The second kappa shape index (κ2) is 9.08. The third-order valence-electron chi connectivity index (χ3n) is 5.73. The maximum atomic E-state index is 13.7. The molecule has 7 heteroatoms. The monoisotopic (exact) mass is 490 g/mol. The van der Waals surface area contributed by atoms with Crippen LogP contribution in [0.5, 0.6) is 0 Å². The number of nitrogen functional groups attached to an aromatic ring is 1. The highest BCUT2D eigenvalue weighted by molar-refractivity contribution is 7.92. The lowest BCUT2D eigenvalue weighted by Gasteiger charge is -2.11. The van der Waals surface area contributed by atoms with E-state index in [1.165, 1.54) is 0 Å². The first-order chi connectivity index (χ1) is 16.1. The molecule has 3 aromatic carbocycles. The van der Waals surface area contributed by atoms with Gasteiger partial charge in [0.15, 0.2) is 0 Å². The third-order valence-corrected chi connectivity index (χ3v) is 8.83. The van der Waals surface area contributed by atoms with Crippen molar-refractivity contribution in [1.29, 1.82) is 0 Å². The zero-order chi connectivity index (χ0) is 24.6. The smallest absolute Gasteiger partial charge is 0.211 e. The lowest BCUT2D eigenvalue weighted by molar-refractivity contribution is 0.104. The van der Waals surface area contributed by atoms with Crippen molar-refractivity contribution in [2.75, 3.05) is 11.1 Å². The Morgan fingerprint density at radius 3 is 2.15 bits per heavy atom. The summed E-state index contributed by atoms with van der Waals surface area (Å²) in [6.07, 6.45) is 0. The number of para-hydroxylation sites is 1. The standard InChI is InChI=1S/C27H26N2O3S2/c1-16-9-12-20(13-10-16)34(31,32)26-23(28)25(24(30)21-14-11-17(2)15-19(21)4)33-27(26)29-22-8-6-5-7-18(22)3/h5-15,29H,28H2,1-4H3. The lowest BCUT2D eigenvalue weighted by Crippen LogP contribution is -2.09.